The summed E-state index contributed by atoms with van der Waals surface area (Å²) in [7, 11) is 0. The summed E-state index contributed by atoms with van der Waals surface area (Å²) < 4.78 is 0. The molecule has 3 rings (SSSR count). The Morgan fingerprint density at radius 1 is 0.431 bits per heavy atom. The number of para-hydroxylation sites is 2. The summed E-state index contributed by atoms with van der Waals surface area (Å²) >= 11 is 0. The molecule has 3 aromatic carbocycles. The van der Waals surface area contributed by atoms with Gasteiger partial charge in [0.05, 0.1) is 17.1 Å². The zero-order valence-electron chi connectivity index (χ0n) is 42.0. The van der Waals surface area contributed by atoms with Crippen LogP contribution in [0.5, 0.6) is 11.5 Å². The quantitative estimate of drug-likeness (QED) is 0.0252. The Kier molecular flexibility index (Phi) is 39.7. The van der Waals surface area contributed by atoms with Gasteiger partial charge in [0, 0.05) is 6.42 Å². The third-order valence-electron chi connectivity index (χ3n) is 12.3. The molecule has 0 aliphatic rings. The van der Waals surface area contributed by atoms with E-state index >= 15 is 0 Å². The van der Waals surface area contributed by atoms with Crippen molar-refractivity contribution in [1.29, 1.82) is 0 Å². The predicted molar refractivity (Wildman–Crippen MR) is 278 cm³/mol. The van der Waals surface area contributed by atoms with Crippen LogP contribution in [0, 0.1) is 18.8 Å². The van der Waals surface area contributed by atoms with Crippen molar-refractivity contribution in [3.8, 4) is 23.3 Å². The Hall–Kier alpha value is -3.35. The van der Waals surface area contributed by atoms with E-state index in [1.165, 1.54) is 186 Å². The Morgan fingerprint density at radius 3 is 1.23 bits per heavy atom. The average Bonchev–Trinajstić information content (AvgIpc) is 3.31. The molecule has 65 heavy (non-hydrogen) atoms. The summed E-state index contributed by atoms with van der Waals surface area (Å²) in [5.74, 6) is 6.31. The van der Waals surface area contributed by atoms with Gasteiger partial charge in [0.25, 0.3) is 0 Å². The van der Waals surface area contributed by atoms with E-state index in [1.807, 2.05) is 31.2 Å². The van der Waals surface area contributed by atoms with Gasteiger partial charge in [-0.25, -0.2) is 4.99 Å². The van der Waals surface area contributed by atoms with E-state index in [9.17, 15) is 10.2 Å². The molecular formula is C60H92N2NiO2. The van der Waals surface area contributed by atoms with Crippen LogP contribution in [-0.2, 0) is 22.9 Å². The maximum absolute atomic E-state index is 11.3. The third kappa shape index (κ3) is 32.1. The first-order chi connectivity index (χ1) is 31.5. The Balaban J connectivity index is 0.00000140. The monoisotopic (exact) mass is 931 g/mol. The predicted octanol–water partition coefficient (Wildman–Crippen LogP) is 18.2. The van der Waals surface area contributed by atoms with Gasteiger partial charge in [0.15, 0.2) is 0 Å². The largest absolute Gasteiger partial charge is 2.00 e. The van der Waals surface area contributed by atoms with Crippen molar-refractivity contribution in [2.24, 2.45) is 9.98 Å². The number of unbranched alkanes of at least 4 members (excludes halogenated alkanes) is 29. The zero-order chi connectivity index (χ0) is 46.0. The van der Waals surface area contributed by atoms with E-state index in [0.29, 0.717) is 17.5 Å². The van der Waals surface area contributed by atoms with Crippen LogP contribution >= 0.6 is 0 Å². The van der Waals surface area contributed by atoms with Crippen molar-refractivity contribution < 1.29 is 26.7 Å². The molecule has 364 valence electrons. The van der Waals surface area contributed by atoms with Crippen LogP contribution in [0.25, 0.3) is 0 Å². The minimum absolute atomic E-state index is 0. The second kappa shape index (κ2) is 43.2. The number of nitrogens with zero attached hydrogens (tertiary/aromatic N) is 2. The van der Waals surface area contributed by atoms with E-state index < -0.39 is 0 Å². The van der Waals surface area contributed by atoms with Crippen molar-refractivity contribution in [3.63, 3.8) is 0 Å². The SMILES string of the molecule is CCCCCCCCCCCCCCCCCCCCCCCCCCC#CC(=Nc1ccccc1)C(CCCCCCCC)=Nc1ccccc1.CCCc1ccc(C)c([O-])c1[O-].[Ni+2]. The molecule has 0 radical (unpaired) electrons. The number of benzene rings is 3. The van der Waals surface area contributed by atoms with Gasteiger partial charge < -0.3 is 10.2 Å². The van der Waals surface area contributed by atoms with E-state index in [2.05, 4.69) is 62.1 Å². The first-order valence-electron chi connectivity index (χ1n) is 26.7. The zero-order valence-corrected chi connectivity index (χ0v) is 43.0. The van der Waals surface area contributed by atoms with Crippen LogP contribution < -0.4 is 10.2 Å². The van der Waals surface area contributed by atoms with E-state index in [1.54, 1.807) is 19.1 Å². The Bertz CT molecular complexity index is 1660. The van der Waals surface area contributed by atoms with Gasteiger partial charge in [-0.15, -0.1) is 11.5 Å². The van der Waals surface area contributed by atoms with Gasteiger partial charge in [-0.1, -0.05) is 273 Å². The molecule has 0 fully saturated rings. The average molecular weight is 932 g/mol. The minimum atomic E-state index is -0.346. The number of rotatable bonds is 36. The standard InChI is InChI=1S/C50H80N2.C10H14O2.Ni/c1-3-5-7-9-11-12-13-14-15-16-17-18-19-20-21-22-23-24-25-26-27-28-29-30-32-40-46-50(52-48-43-37-34-38-44-48)49(45-39-31-10-8-6-4-2)51-47-41-35-33-36-42-47;1-3-4-8-6-5-7(2)9(11)10(8)12;/h33-38,41-44H,3-32,39,45H2,1-2H3;5-6,11-12H,3-4H2,1-2H3;/q;;+2/p-2. The van der Waals surface area contributed by atoms with Crippen molar-refractivity contribution in [1.82, 2.24) is 0 Å². The van der Waals surface area contributed by atoms with Crippen LogP contribution in [0.2, 0.25) is 0 Å². The van der Waals surface area contributed by atoms with Crippen molar-refractivity contribution in [2.75, 3.05) is 0 Å². The molecule has 4 nitrogen and oxygen atoms in total. The smallest absolute Gasteiger partial charge is 0.873 e. The molecule has 0 unspecified atom stereocenters. The molecular weight excluding hydrogens is 839 g/mol. The summed E-state index contributed by atoms with van der Waals surface area (Å²) in [5.41, 5.74) is 4.99. The van der Waals surface area contributed by atoms with E-state index in [0.717, 1.165) is 48.5 Å². The fourth-order valence-electron chi connectivity index (χ4n) is 8.24. The molecule has 0 saturated carbocycles. The van der Waals surface area contributed by atoms with Crippen LogP contribution in [0.4, 0.5) is 11.4 Å². The van der Waals surface area contributed by atoms with Gasteiger partial charge in [-0.2, -0.15) is 0 Å². The van der Waals surface area contributed by atoms with Gasteiger partial charge in [0.2, 0.25) is 0 Å². The molecule has 3 aromatic rings. The van der Waals surface area contributed by atoms with E-state index in [4.69, 9.17) is 9.98 Å². The maximum Gasteiger partial charge on any atom is 2.00 e. The molecule has 0 heterocycles. The summed E-state index contributed by atoms with van der Waals surface area (Å²) in [5, 5.41) is 22.4. The first kappa shape index (κ1) is 59.7. The molecule has 0 spiro atoms. The third-order valence-corrected chi connectivity index (χ3v) is 12.3. The van der Waals surface area contributed by atoms with Crippen molar-refractivity contribution in [2.45, 2.75) is 246 Å². The van der Waals surface area contributed by atoms with Gasteiger partial charge in [-0.3, -0.25) is 4.99 Å². The van der Waals surface area contributed by atoms with Gasteiger partial charge in [-0.05, 0) is 62.8 Å². The minimum Gasteiger partial charge on any atom is -0.873 e. The van der Waals surface area contributed by atoms with Crippen LogP contribution in [0.15, 0.2) is 82.8 Å². The number of aryl methyl sites for hydroxylation is 2. The van der Waals surface area contributed by atoms with Crippen LogP contribution in [0.3, 0.4) is 0 Å². The summed E-state index contributed by atoms with van der Waals surface area (Å²) in [4.78, 5) is 10.1. The van der Waals surface area contributed by atoms with Crippen molar-refractivity contribution in [3.05, 3.63) is 83.9 Å². The molecule has 5 heteroatoms. The second-order valence-corrected chi connectivity index (χ2v) is 18.3. The fourth-order valence-corrected chi connectivity index (χ4v) is 8.24. The number of aliphatic imine (C=N–C) groups is 2. The Morgan fingerprint density at radius 2 is 0.815 bits per heavy atom. The summed E-state index contributed by atoms with van der Waals surface area (Å²) in [6, 6.07) is 24.1. The van der Waals surface area contributed by atoms with E-state index in [-0.39, 0.29) is 28.0 Å². The summed E-state index contributed by atoms with van der Waals surface area (Å²) in [6.45, 7) is 8.24. The molecule has 0 aromatic heterocycles. The molecule has 0 saturated heterocycles. The van der Waals surface area contributed by atoms with Gasteiger partial charge in [0.1, 0.15) is 5.71 Å². The first-order valence-corrected chi connectivity index (χ1v) is 26.7. The van der Waals surface area contributed by atoms with Crippen LogP contribution in [0.1, 0.15) is 244 Å². The fraction of sp³-hybridized carbons (Fsp3) is 0.633. The Labute approximate surface area is 410 Å². The van der Waals surface area contributed by atoms with Gasteiger partial charge >= 0.3 is 16.5 Å². The topological polar surface area (TPSA) is 70.8 Å². The number of hydrogen-bond acceptors (Lipinski definition) is 4. The van der Waals surface area contributed by atoms with Crippen LogP contribution in [-0.4, -0.2) is 11.4 Å². The molecule has 0 aliphatic heterocycles. The molecule has 0 bridgehead atoms. The van der Waals surface area contributed by atoms with Crippen molar-refractivity contribution >= 4 is 22.8 Å². The second-order valence-electron chi connectivity index (χ2n) is 18.3. The summed E-state index contributed by atoms with van der Waals surface area (Å²) in [6.07, 6.45) is 45.2. The molecule has 0 amide bonds. The maximum atomic E-state index is 11.3. The molecule has 0 atom stereocenters. The normalized spacial score (nSPS) is 11.4. The molecule has 0 N–H and O–H groups in total. The number of hydrogen-bond donors (Lipinski definition) is 0. The molecule has 0 aliphatic carbocycles.